The minimum Gasteiger partial charge on any atom is -0.444 e. The standard InChI is InChI=1S/C27H38N4O2/c1-25(2,3)33-24(32)31-16-14-30(15-17-31)23-28-13-10-22(29-23)19-8-9-20-21(18-19)27(6,7)12-11-26(20,4)5/h8-10,13,18H,11-12,14-17H2,1-7H3. The highest BCUT2D eigenvalue weighted by Crippen LogP contribution is 2.46. The van der Waals surface area contributed by atoms with E-state index in [-0.39, 0.29) is 16.9 Å². The van der Waals surface area contributed by atoms with E-state index in [9.17, 15) is 4.79 Å². The average Bonchev–Trinajstić information content (AvgIpc) is 2.76. The number of carbonyl (C=O) groups excluding carboxylic acids is 1. The molecule has 6 heteroatoms. The molecule has 6 nitrogen and oxygen atoms in total. The Hall–Kier alpha value is -2.63. The number of fused-ring (bicyclic) bond motifs is 1. The summed E-state index contributed by atoms with van der Waals surface area (Å²) in [5, 5.41) is 0. The van der Waals surface area contributed by atoms with Crippen molar-refractivity contribution in [3.63, 3.8) is 0 Å². The smallest absolute Gasteiger partial charge is 0.410 e. The van der Waals surface area contributed by atoms with Gasteiger partial charge >= 0.3 is 6.09 Å². The molecule has 0 unspecified atom stereocenters. The summed E-state index contributed by atoms with van der Waals surface area (Å²) >= 11 is 0. The third kappa shape index (κ3) is 4.99. The number of hydrogen-bond acceptors (Lipinski definition) is 5. The van der Waals surface area contributed by atoms with Gasteiger partial charge in [0.1, 0.15) is 5.60 Å². The van der Waals surface area contributed by atoms with Gasteiger partial charge in [-0.1, -0.05) is 39.8 Å². The van der Waals surface area contributed by atoms with Crippen LogP contribution < -0.4 is 4.90 Å². The van der Waals surface area contributed by atoms with E-state index in [2.05, 4.69) is 55.8 Å². The number of nitrogens with zero attached hydrogens (tertiary/aromatic N) is 4. The number of amides is 1. The third-order valence-electron chi connectivity index (χ3n) is 7.01. The molecule has 2 aliphatic rings. The molecule has 1 aliphatic heterocycles. The molecule has 0 radical (unpaired) electrons. The summed E-state index contributed by atoms with van der Waals surface area (Å²) in [6.45, 7) is 17.6. The molecule has 2 heterocycles. The van der Waals surface area contributed by atoms with Crippen LogP contribution in [0.4, 0.5) is 10.7 Å². The van der Waals surface area contributed by atoms with Gasteiger partial charge in [0.15, 0.2) is 0 Å². The molecule has 0 atom stereocenters. The summed E-state index contributed by atoms with van der Waals surface area (Å²) in [5.41, 5.74) is 4.84. The molecule has 1 saturated heterocycles. The first-order valence-corrected chi connectivity index (χ1v) is 12.1. The van der Waals surface area contributed by atoms with Crippen LogP contribution in [0.15, 0.2) is 30.5 Å². The summed E-state index contributed by atoms with van der Waals surface area (Å²) in [7, 11) is 0. The Bertz CT molecular complexity index is 1030. The van der Waals surface area contributed by atoms with E-state index in [4.69, 9.17) is 9.72 Å². The highest BCUT2D eigenvalue weighted by molar-refractivity contribution is 5.68. The number of piperazine rings is 1. The molecule has 1 aliphatic carbocycles. The van der Waals surface area contributed by atoms with E-state index in [1.54, 1.807) is 4.90 Å². The SMILES string of the molecule is CC(C)(C)OC(=O)N1CCN(c2nccc(-c3ccc4c(c3)C(C)(C)CCC4(C)C)n2)CC1. The van der Waals surface area contributed by atoms with Crippen molar-refractivity contribution >= 4 is 12.0 Å². The Labute approximate surface area is 198 Å². The van der Waals surface area contributed by atoms with Gasteiger partial charge in [-0.3, -0.25) is 0 Å². The molecule has 0 spiro atoms. The van der Waals surface area contributed by atoms with Crippen LogP contribution in [0.25, 0.3) is 11.3 Å². The zero-order valence-electron chi connectivity index (χ0n) is 21.2. The molecule has 2 aromatic rings. The minimum absolute atomic E-state index is 0.161. The zero-order chi connectivity index (χ0) is 24.0. The van der Waals surface area contributed by atoms with Gasteiger partial charge < -0.3 is 14.5 Å². The van der Waals surface area contributed by atoms with Crippen LogP contribution in [0.3, 0.4) is 0 Å². The maximum atomic E-state index is 12.4. The van der Waals surface area contributed by atoms with Crippen molar-refractivity contribution in [1.29, 1.82) is 0 Å². The second-order valence-electron chi connectivity index (χ2n) is 11.7. The van der Waals surface area contributed by atoms with Gasteiger partial charge in [-0.25, -0.2) is 14.8 Å². The maximum absolute atomic E-state index is 12.4. The lowest BCUT2D eigenvalue weighted by molar-refractivity contribution is 0.0240. The Balaban J connectivity index is 1.52. The first kappa shape index (κ1) is 23.5. The van der Waals surface area contributed by atoms with Gasteiger partial charge in [-0.2, -0.15) is 0 Å². The van der Waals surface area contributed by atoms with Gasteiger partial charge in [-0.15, -0.1) is 0 Å². The fourth-order valence-electron chi connectivity index (χ4n) is 4.83. The number of hydrogen-bond donors (Lipinski definition) is 0. The Kier molecular flexibility index (Phi) is 5.92. The Morgan fingerprint density at radius 3 is 2.21 bits per heavy atom. The number of aromatic nitrogens is 2. The predicted molar refractivity (Wildman–Crippen MR) is 133 cm³/mol. The maximum Gasteiger partial charge on any atom is 0.410 e. The minimum atomic E-state index is -0.482. The highest BCUT2D eigenvalue weighted by atomic mass is 16.6. The zero-order valence-corrected chi connectivity index (χ0v) is 21.2. The quantitative estimate of drug-likeness (QED) is 0.600. The average molecular weight is 451 g/mol. The van der Waals surface area contributed by atoms with E-state index in [1.807, 2.05) is 33.0 Å². The molecule has 33 heavy (non-hydrogen) atoms. The van der Waals surface area contributed by atoms with Crippen molar-refractivity contribution in [1.82, 2.24) is 14.9 Å². The van der Waals surface area contributed by atoms with Crippen molar-refractivity contribution in [2.75, 3.05) is 31.1 Å². The van der Waals surface area contributed by atoms with Crippen LogP contribution >= 0.6 is 0 Å². The summed E-state index contributed by atoms with van der Waals surface area (Å²) in [6, 6.07) is 8.83. The van der Waals surface area contributed by atoms with Crippen molar-refractivity contribution < 1.29 is 9.53 Å². The first-order chi connectivity index (χ1) is 15.4. The number of carbonyl (C=O) groups is 1. The molecule has 178 valence electrons. The van der Waals surface area contributed by atoms with Crippen LogP contribution in [-0.2, 0) is 15.6 Å². The number of anilines is 1. The first-order valence-electron chi connectivity index (χ1n) is 12.1. The fourth-order valence-corrected chi connectivity index (χ4v) is 4.83. The summed E-state index contributed by atoms with van der Waals surface area (Å²) in [6.07, 6.45) is 3.98. The number of ether oxygens (including phenoxy) is 1. The lowest BCUT2D eigenvalue weighted by atomic mass is 9.63. The number of benzene rings is 1. The van der Waals surface area contributed by atoms with Crippen LogP contribution in [0, 0.1) is 0 Å². The molecule has 1 aromatic heterocycles. The van der Waals surface area contributed by atoms with Crippen LogP contribution in [0.5, 0.6) is 0 Å². The molecule has 0 saturated carbocycles. The lowest BCUT2D eigenvalue weighted by Crippen LogP contribution is -2.50. The lowest BCUT2D eigenvalue weighted by Gasteiger charge is -2.42. The molecule has 0 bridgehead atoms. The second kappa shape index (κ2) is 8.30. The normalized spacial score (nSPS) is 19.7. The Morgan fingerprint density at radius 2 is 1.58 bits per heavy atom. The van der Waals surface area contributed by atoms with Gasteiger partial charge in [0.25, 0.3) is 0 Å². The van der Waals surface area contributed by atoms with Crippen molar-refractivity contribution in [2.45, 2.75) is 77.7 Å². The van der Waals surface area contributed by atoms with Crippen molar-refractivity contribution in [3.05, 3.63) is 41.6 Å². The third-order valence-corrected chi connectivity index (χ3v) is 7.01. The molecular weight excluding hydrogens is 412 g/mol. The number of rotatable bonds is 2. The molecule has 1 amide bonds. The molecular formula is C27H38N4O2. The van der Waals surface area contributed by atoms with Crippen LogP contribution in [0.2, 0.25) is 0 Å². The van der Waals surface area contributed by atoms with E-state index in [1.165, 1.54) is 24.0 Å². The van der Waals surface area contributed by atoms with Crippen molar-refractivity contribution in [3.8, 4) is 11.3 Å². The van der Waals surface area contributed by atoms with E-state index in [0.29, 0.717) is 32.1 Å². The largest absolute Gasteiger partial charge is 0.444 e. The molecule has 1 aromatic carbocycles. The van der Waals surface area contributed by atoms with Gasteiger partial charge in [0, 0.05) is 37.9 Å². The van der Waals surface area contributed by atoms with Crippen molar-refractivity contribution in [2.24, 2.45) is 0 Å². The van der Waals surface area contributed by atoms with Gasteiger partial charge in [0.2, 0.25) is 5.95 Å². The van der Waals surface area contributed by atoms with E-state index < -0.39 is 5.60 Å². The molecule has 4 rings (SSSR count). The van der Waals surface area contributed by atoms with E-state index in [0.717, 1.165) is 11.3 Å². The summed E-state index contributed by atoms with van der Waals surface area (Å²) in [5.74, 6) is 0.716. The topological polar surface area (TPSA) is 58.6 Å². The van der Waals surface area contributed by atoms with Crippen LogP contribution in [0.1, 0.15) is 72.4 Å². The van der Waals surface area contributed by atoms with Crippen LogP contribution in [-0.4, -0.2) is 52.7 Å². The molecule has 1 fully saturated rings. The van der Waals surface area contributed by atoms with Gasteiger partial charge in [-0.05, 0) is 67.7 Å². The Morgan fingerprint density at radius 1 is 0.939 bits per heavy atom. The van der Waals surface area contributed by atoms with E-state index >= 15 is 0 Å². The van der Waals surface area contributed by atoms with Gasteiger partial charge in [0.05, 0.1) is 5.69 Å². The monoisotopic (exact) mass is 450 g/mol. The summed E-state index contributed by atoms with van der Waals surface area (Å²) in [4.78, 5) is 25.7. The highest BCUT2D eigenvalue weighted by Gasteiger charge is 2.37. The summed E-state index contributed by atoms with van der Waals surface area (Å²) < 4.78 is 5.51. The second-order valence-corrected chi connectivity index (χ2v) is 11.7. The fraction of sp³-hybridized carbons (Fsp3) is 0.593. The molecule has 0 N–H and O–H groups in total. The predicted octanol–water partition coefficient (Wildman–Crippen LogP) is 5.55.